The zero-order valence-electron chi connectivity index (χ0n) is 23.8. The number of benzene rings is 1. The van der Waals surface area contributed by atoms with E-state index in [1.165, 1.54) is 46.9 Å². The number of alkyl halides is 3. The first kappa shape index (κ1) is 29.9. The van der Waals surface area contributed by atoms with Gasteiger partial charge in [0.1, 0.15) is 0 Å². The van der Waals surface area contributed by atoms with Gasteiger partial charge in [-0.1, -0.05) is 11.6 Å². The summed E-state index contributed by atoms with van der Waals surface area (Å²) in [5.74, 6) is -1.08. The van der Waals surface area contributed by atoms with Gasteiger partial charge in [-0.05, 0) is 44.0 Å². The molecule has 3 fully saturated rings. The fourth-order valence-corrected chi connectivity index (χ4v) is 5.73. The van der Waals surface area contributed by atoms with Crippen LogP contribution in [0.3, 0.4) is 0 Å². The number of anilines is 1. The number of aromatic nitrogens is 4. The van der Waals surface area contributed by atoms with E-state index in [1.807, 2.05) is 0 Å². The minimum absolute atomic E-state index is 0.0595. The van der Waals surface area contributed by atoms with Crippen LogP contribution in [0.4, 0.5) is 23.7 Å². The van der Waals surface area contributed by atoms with E-state index in [0.717, 1.165) is 32.4 Å². The van der Waals surface area contributed by atoms with Gasteiger partial charge in [0.2, 0.25) is 0 Å². The zero-order valence-corrected chi connectivity index (χ0v) is 24.6. The number of amides is 4. The predicted molar refractivity (Wildman–Crippen MR) is 154 cm³/mol. The zero-order chi connectivity index (χ0) is 31.2. The molecule has 44 heavy (non-hydrogen) atoms. The molecule has 3 N–H and O–H groups in total. The molecule has 1 aliphatic carbocycles. The van der Waals surface area contributed by atoms with E-state index in [9.17, 15) is 27.6 Å². The van der Waals surface area contributed by atoms with Crippen LogP contribution in [0.2, 0.25) is 5.02 Å². The molecule has 2 aromatic heterocycles. The first-order chi connectivity index (χ1) is 21.0. The normalized spacial score (nSPS) is 18.9. The number of carbonyl (C=O) groups excluding carboxylic acids is 3. The summed E-state index contributed by atoms with van der Waals surface area (Å²) in [6.07, 6.45) is 0.293. The van der Waals surface area contributed by atoms with Gasteiger partial charge >= 0.3 is 12.2 Å². The number of rotatable bonds is 6. The van der Waals surface area contributed by atoms with E-state index in [1.54, 1.807) is 9.80 Å². The summed E-state index contributed by atoms with van der Waals surface area (Å²) >= 11 is 6.44. The third-order valence-electron chi connectivity index (χ3n) is 8.09. The number of hydrogen-bond acceptors (Lipinski definition) is 6. The highest BCUT2D eigenvalue weighted by Crippen LogP contribution is 2.41. The smallest absolute Gasteiger partial charge is 0.335 e. The quantitative estimate of drug-likeness (QED) is 0.382. The minimum Gasteiger partial charge on any atom is -0.335 e. The lowest BCUT2D eigenvalue weighted by molar-refractivity contribution is -0.141. The van der Waals surface area contributed by atoms with Gasteiger partial charge in [0.25, 0.3) is 11.8 Å². The molecule has 16 heteroatoms. The van der Waals surface area contributed by atoms with Crippen LogP contribution in [0.1, 0.15) is 52.0 Å². The maximum absolute atomic E-state index is 13.7. The number of piperazine rings is 1. The Labute approximate surface area is 255 Å². The molecule has 3 aromatic rings. The summed E-state index contributed by atoms with van der Waals surface area (Å²) < 4.78 is 43.8. The van der Waals surface area contributed by atoms with Crippen molar-refractivity contribution in [2.24, 2.45) is 7.05 Å². The number of carbonyl (C=O) groups is 3. The summed E-state index contributed by atoms with van der Waals surface area (Å²) in [6.45, 7) is 3.10. The van der Waals surface area contributed by atoms with Crippen LogP contribution in [0.15, 0.2) is 30.6 Å². The summed E-state index contributed by atoms with van der Waals surface area (Å²) in [5.41, 5.74) is -0.566. The Kier molecular flexibility index (Phi) is 8.01. The SMILES string of the molecule is Cn1c(-c2cn(C3CC3)nc2C(F)(F)F)cnc1C(=O)Nc1ccc(C(=O)N2CCN(C(=O)NC3CCNC3)CC2)c(Cl)c1. The Morgan fingerprint density at radius 3 is 2.43 bits per heavy atom. The average Bonchev–Trinajstić information content (AvgIpc) is 3.34. The first-order valence-corrected chi connectivity index (χ1v) is 14.7. The molecule has 1 unspecified atom stereocenters. The van der Waals surface area contributed by atoms with E-state index in [4.69, 9.17) is 11.6 Å². The Morgan fingerprint density at radius 1 is 1.07 bits per heavy atom. The van der Waals surface area contributed by atoms with Gasteiger partial charge < -0.3 is 30.3 Å². The molecule has 6 rings (SSSR count). The van der Waals surface area contributed by atoms with Crippen molar-refractivity contribution in [2.75, 3.05) is 44.6 Å². The molecular formula is C28H31ClF3N9O3. The summed E-state index contributed by atoms with van der Waals surface area (Å²) in [7, 11) is 1.45. The largest absolute Gasteiger partial charge is 0.435 e. The fourth-order valence-electron chi connectivity index (χ4n) is 5.47. The van der Waals surface area contributed by atoms with E-state index < -0.39 is 17.8 Å². The highest BCUT2D eigenvalue weighted by Gasteiger charge is 2.40. The van der Waals surface area contributed by atoms with E-state index in [0.29, 0.717) is 26.2 Å². The van der Waals surface area contributed by atoms with Crippen molar-refractivity contribution in [3.05, 3.63) is 52.7 Å². The lowest BCUT2D eigenvalue weighted by Crippen LogP contribution is -2.54. The molecule has 3 aliphatic rings. The van der Waals surface area contributed by atoms with Gasteiger partial charge in [-0.3, -0.25) is 14.3 Å². The number of halogens is 4. The van der Waals surface area contributed by atoms with Crippen molar-refractivity contribution in [1.82, 2.24) is 39.8 Å². The van der Waals surface area contributed by atoms with Crippen LogP contribution in [-0.2, 0) is 13.2 Å². The van der Waals surface area contributed by atoms with E-state index in [2.05, 4.69) is 26.0 Å². The van der Waals surface area contributed by atoms with Gasteiger partial charge in [0, 0.05) is 57.7 Å². The van der Waals surface area contributed by atoms with Gasteiger partial charge in [-0.15, -0.1) is 0 Å². The highest BCUT2D eigenvalue weighted by atomic mass is 35.5. The van der Waals surface area contributed by atoms with Crippen LogP contribution >= 0.6 is 11.6 Å². The molecule has 0 bridgehead atoms. The topological polar surface area (TPSA) is 129 Å². The summed E-state index contributed by atoms with van der Waals surface area (Å²) in [5, 5.41) is 12.7. The lowest BCUT2D eigenvalue weighted by atomic mass is 10.1. The Morgan fingerprint density at radius 2 is 1.80 bits per heavy atom. The molecule has 2 aliphatic heterocycles. The van der Waals surface area contributed by atoms with Crippen molar-refractivity contribution < 1.29 is 27.6 Å². The Hall–Kier alpha value is -4.11. The van der Waals surface area contributed by atoms with Gasteiger partial charge in [0.05, 0.1) is 34.1 Å². The number of nitrogens with one attached hydrogen (secondary N) is 3. The third-order valence-corrected chi connectivity index (χ3v) is 8.40. The number of urea groups is 1. The molecule has 1 atom stereocenters. The second-order valence-electron chi connectivity index (χ2n) is 11.2. The van der Waals surface area contributed by atoms with Crippen LogP contribution in [0.25, 0.3) is 11.3 Å². The number of nitrogens with zero attached hydrogens (tertiary/aromatic N) is 6. The number of hydrogen-bond donors (Lipinski definition) is 3. The molecule has 0 spiro atoms. The van der Waals surface area contributed by atoms with Crippen LogP contribution in [-0.4, -0.2) is 92.3 Å². The van der Waals surface area contributed by atoms with Crippen molar-refractivity contribution in [2.45, 2.75) is 37.5 Å². The molecule has 0 radical (unpaired) electrons. The molecule has 234 valence electrons. The van der Waals surface area contributed by atoms with Crippen LogP contribution in [0, 0.1) is 0 Å². The Balaban J connectivity index is 1.09. The third kappa shape index (κ3) is 6.11. The monoisotopic (exact) mass is 633 g/mol. The van der Waals surface area contributed by atoms with Gasteiger partial charge in [0.15, 0.2) is 11.5 Å². The van der Waals surface area contributed by atoms with Crippen molar-refractivity contribution in [3.8, 4) is 11.3 Å². The van der Waals surface area contributed by atoms with Crippen LogP contribution in [0.5, 0.6) is 0 Å². The lowest BCUT2D eigenvalue weighted by Gasteiger charge is -2.35. The second-order valence-corrected chi connectivity index (χ2v) is 11.6. The van der Waals surface area contributed by atoms with E-state index >= 15 is 0 Å². The highest BCUT2D eigenvalue weighted by molar-refractivity contribution is 6.34. The molecular weight excluding hydrogens is 603 g/mol. The summed E-state index contributed by atoms with van der Waals surface area (Å²) in [4.78, 5) is 46.2. The van der Waals surface area contributed by atoms with Crippen molar-refractivity contribution in [3.63, 3.8) is 0 Å². The maximum atomic E-state index is 13.7. The first-order valence-electron chi connectivity index (χ1n) is 14.3. The maximum Gasteiger partial charge on any atom is 0.435 e. The van der Waals surface area contributed by atoms with Crippen molar-refractivity contribution >= 4 is 35.1 Å². The molecule has 2 saturated heterocycles. The second kappa shape index (κ2) is 11.8. The van der Waals surface area contributed by atoms with Gasteiger partial charge in [-0.2, -0.15) is 18.3 Å². The minimum atomic E-state index is -4.67. The average molecular weight is 634 g/mol. The molecule has 12 nitrogen and oxygen atoms in total. The summed E-state index contributed by atoms with van der Waals surface area (Å²) in [6, 6.07) is 4.35. The van der Waals surface area contributed by atoms with Crippen LogP contribution < -0.4 is 16.0 Å². The standard InChI is InChI=1S/C28H31ClF3N9O3/c1-38-22(20-15-41(18-3-4-18)37-23(20)28(30,31)32)14-34-24(38)25(42)35-16-2-5-19(21(29)12-16)26(43)39-8-10-40(11-9-39)27(44)36-17-6-7-33-13-17/h2,5,12,14-15,17-18,33H,3-4,6-11,13H2,1H3,(H,35,42)(H,36,44). The number of imidazole rings is 1. The van der Waals surface area contributed by atoms with Crippen molar-refractivity contribution in [1.29, 1.82) is 0 Å². The molecule has 1 aromatic carbocycles. The Bertz CT molecular complexity index is 1590. The molecule has 1 saturated carbocycles. The molecule has 4 amide bonds. The predicted octanol–water partition coefficient (Wildman–Crippen LogP) is 3.37. The fraction of sp³-hybridized carbons (Fsp3) is 0.464. The van der Waals surface area contributed by atoms with E-state index in [-0.39, 0.29) is 57.4 Å². The van der Waals surface area contributed by atoms with Gasteiger partial charge in [-0.25, -0.2) is 9.78 Å². The molecule has 4 heterocycles.